The predicted octanol–water partition coefficient (Wildman–Crippen LogP) is 1.83. The average molecular weight is 421 g/mol. The van der Waals surface area contributed by atoms with Gasteiger partial charge in [0.05, 0.1) is 36.2 Å². The van der Waals surface area contributed by atoms with Crippen LogP contribution in [0, 0.1) is 0 Å². The standard InChI is InChI=1S/C20H23N9O2/c1-20(2)10-31-9-11-5-13(17-14(6-11)28(4)27-26-17)23-15-7-16(21-3)29-18(24-15)12(8-22-29)19(30)25-20/h5-8,21H,9-10H2,1-4H3,(H,23,24)(H,25,30). The second kappa shape index (κ2) is 6.91. The van der Waals surface area contributed by atoms with Crippen molar-refractivity contribution in [2.45, 2.75) is 26.0 Å². The van der Waals surface area contributed by atoms with Gasteiger partial charge in [0.15, 0.2) is 5.65 Å². The van der Waals surface area contributed by atoms with E-state index in [1.54, 1.807) is 16.2 Å². The van der Waals surface area contributed by atoms with Gasteiger partial charge >= 0.3 is 0 Å². The van der Waals surface area contributed by atoms with E-state index in [9.17, 15) is 4.79 Å². The van der Waals surface area contributed by atoms with Crippen LogP contribution in [0.3, 0.4) is 0 Å². The fourth-order valence-electron chi connectivity index (χ4n) is 3.71. The molecule has 3 aromatic heterocycles. The molecule has 1 aliphatic rings. The minimum Gasteiger partial charge on any atom is -0.374 e. The van der Waals surface area contributed by atoms with Gasteiger partial charge in [-0.05, 0) is 31.5 Å². The van der Waals surface area contributed by atoms with Crippen molar-refractivity contribution in [2.24, 2.45) is 7.05 Å². The summed E-state index contributed by atoms with van der Waals surface area (Å²) in [5.74, 6) is 0.975. The lowest BCUT2D eigenvalue weighted by molar-refractivity contribution is 0.0618. The van der Waals surface area contributed by atoms with E-state index in [1.807, 2.05) is 39.1 Å². The quantitative estimate of drug-likeness (QED) is 0.425. The summed E-state index contributed by atoms with van der Waals surface area (Å²) < 4.78 is 9.27. The zero-order chi connectivity index (χ0) is 21.8. The molecule has 4 bridgehead atoms. The number of aromatic nitrogens is 6. The Morgan fingerprint density at radius 1 is 1.26 bits per heavy atom. The maximum Gasteiger partial charge on any atom is 0.257 e. The number of ether oxygens (including phenoxy) is 1. The maximum atomic E-state index is 13.0. The first-order chi connectivity index (χ1) is 14.8. The van der Waals surface area contributed by atoms with E-state index in [2.05, 4.69) is 36.3 Å². The average Bonchev–Trinajstić information content (AvgIpc) is 3.30. The third-order valence-electron chi connectivity index (χ3n) is 5.20. The van der Waals surface area contributed by atoms with Crippen LogP contribution >= 0.6 is 0 Å². The fourth-order valence-corrected chi connectivity index (χ4v) is 3.71. The molecule has 0 fully saturated rings. The van der Waals surface area contributed by atoms with Crippen LogP contribution in [-0.4, -0.2) is 54.7 Å². The zero-order valence-electron chi connectivity index (χ0n) is 17.7. The van der Waals surface area contributed by atoms with Crippen LogP contribution in [-0.2, 0) is 18.4 Å². The zero-order valence-corrected chi connectivity index (χ0v) is 17.7. The molecule has 1 aromatic carbocycles. The molecule has 0 atom stereocenters. The van der Waals surface area contributed by atoms with E-state index in [1.165, 1.54) is 6.20 Å². The van der Waals surface area contributed by atoms with Crippen LogP contribution in [0.25, 0.3) is 16.7 Å². The van der Waals surface area contributed by atoms with Crippen molar-refractivity contribution in [3.8, 4) is 0 Å². The van der Waals surface area contributed by atoms with E-state index >= 15 is 0 Å². The number of aryl methyl sites for hydroxylation is 1. The van der Waals surface area contributed by atoms with E-state index in [-0.39, 0.29) is 5.91 Å². The Bertz CT molecular complexity index is 1320. The van der Waals surface area contributed by atoms with E-state index in [4.69, 9.17) is 4.74 Å². The van der Waals surface area contributed by atoms with Crippen molar-refractivity contribution in [3.05, 3.63) is 35.5 Å². The van der Waals surface area contributed by atoms with E-state index < -0.39 is 5.54 Å². The lowest BCUT2D eigenvalue weighted by Gasteiger charge is -2.26. The van der Waals surface area contributed by atoms with Gasteiger partial charge in [-0.25, -0.2) is 9.67 Å². The third kappa shape index (κ3) is 3.32. The van der Waals surface area contributed by atoms with Gasteiger partial charge in [0.25, 0.3) is 5.91 Å². The van der Waals surface area contributed by atoms with Gasteiger partial charge in [-0.2, -0.15) is 9.61 Å². The number of rotatable bonds is 1. The van der Waals surface area contributed by atoms with Crippen molar-refractivity contribution < 1.29 is 9.53 Å². The molecule has 5 rings (SSSR count). The SMILES string of the molecule is CNc1cc2nc3c(cnn13)C(=O)NC(C)(C)COCc1cc(c3nnn(C)c3c1)N2. The molecule has 4 heterocycles. The molecule has 0 saturated carbocycles. The molecule has 0 saturated heterocycles. The second-order valence-corrected chi connectivity index (χ2v) is 8.25. The number of hydrogen-bond donors (Lipinski definition) is 3. The van der Waals surface area contributed by atoms with Gasteiger partial charge in [0.1, 0.15) is 22.7 Å². The van der Waals surface area contributed by atoms with Crippen LogP contribution in [0.15, 0.2) is 24.4 Å². The second-order valence-electron chi connectivity index (χ2n) is 8.25. The summed E-state index contributed by atoms with van der Waals surface area (Å²) in [6, 6.07) is 5.81. The third-order valence-corrected chi connectivity index (χ3v) is 5.20. The molecule has 1 amide bonds. The summed E-state index contributed by atoms with van der Waals surface area (Å²) in [6.07, 6.45) is 1.52. The topological polar surface area (TPSA) is 123 Å². The first kappa shape index (κ1) is 19.2. The van der Waals surface area contributed by atoms with Crippen LogP contribution in [0.4, 0.5) is 17.3 Å². The van der Waals surface area contributed by atoms with Gasteiger partial charge in [-0.15, -0.1) is 5.10 Å². The summed E-state index contributed by atoms with van der Waals surface area (Å²) in [6.45, 7) is 4.55. The number of amides is 1. The van der Waals surface area contributed by atoms with Gasteiger partial charge in [0, 0.05) is 20.2 Å². The Labute approximate surface area is 177 Å². The van der Waals surface area contributed by atoms with Crippen molar-refractivity contribution in [2.75, 3.05) is 24.3 Å². The number of hydrogen-bond acceptors (Lipinski definition) is 8. The van der Waals surface area contributed by atoms with Crippen molar-refractivity contribution in [3.63, 3.8) is 0 Å². The molecule has 3 N–H and O–H groups in total. The number of benzene rings is 1. The Morgan fingerprint density at radius 2 is 2.10 bits per heavy atom. The van der Waals surface area contributed by atoms with Crippen molar-refractivity contribution in [1.29, 1.82) is 0 Å². The van der Waals surface area contributed by atoms with Crippen LogP contribution in [0.2, 0.25) is 0 Å². The number of carbonyl (C=O) groups is 1. The molecule has 11 heteroatoms. The molecule has 31 heavy (non-hydrogen) atoms. The number of carbonyl (C=O) groups excluding carboxylic acids is 1. The largest absolute Gasteiger partial charge is 0.374 e. The Hall–Kier alpha value is -3.73. The first-order valence-corrected chi connectivity index (χ1v) is 9.91. The van der Waals surface area contributed by atoms with Crippen molar-refractivity contribution in [1.82, 2.24) is 34.9 Å². The lowest BCUT2D eigenvalue weighted by Crippen LogP contribution is -2.47. The highest BCUT2D eigenvalue weighted by Crippen LogP contribution is 2.28. The molecule has 0 unspecified atom stereocenters. The van der Waals surface area contributed by atoms with Crippen LogP contribution in [0.1, 0.15) is 29.8 Å². The number of anilines is 3. The summed E-state index contributed by atoms with van der Waals surface area (Å²) in [5, 5.41) is 22.3. The highest BCUT2D eigenvalue weighted by molar-refractivity contribution is 6.00. The molecule has 11 nitrogen and oxygen atoms in total. The van der Waals surface area contributed by atoms with Crippen LogP contribution in [0.5, 0.6) is 0 Å². The maximum absolute atomic E-state index is 13.0. The number of nitrogens with one attached hydrogen (secondary N) is 3. The van der Waals surface area contributed by atoms with Gasteiger partial charge in [-0.1, -0.05) is 5.21 Å². The summed E-state index contributed by atoms with van der Waals surface area (Å²) in [7, 11) is 3.64. The normalized spacial score (nSPS) is 16.2. The van der Waals surface area contributed by atoms with Crippen molar-refractivity contribution >= 4 is 39.9 Å². The Kier molecular flexibility index (Phi) is 4.29. The number of fused-ring (bicyclic) bond motifs is 5. The summed E-state index contributed by atoms with van der Waals surface area (Å²) in [5.41, 5.74) is 3.54. The molecule has 0 radical (unpaired) electrons. The van der Waals surface area contributed by atoms with Gasteiger partial charge in [0.2, 0.25) is 0 Å². The minimum atomic E-state index is -0.585. The molecule has 0 spiro atoms. The highest BCUT2D eigenvalue weighted by atomic mass is 16.5. The minimum absolute atomic E-state index is 0.262. The lowest BCUT2D eigenvalue weighted by atomic mass is 10.1. The molecular weight excluding hydrogens is 398 g/mol. The highest BCUT2D eigenvalue weighted by Gasteiger charge is 2.25. The van der Waals surface area contributed by atoms with Gasteiger partial charge in [-0.3, -0.25) is 4.79 Å². The van der Waals surface area contributed by atoms with E-state index in [0.717, 1.165) is 22.3 Å². The van der Waals surface area contributed by atoms with Gasteiger partial charge < -0.3 is 20.7 Å². The Morgan fingerprint density at radius 3 is 2.90 bits per heavy atom. The fraction of sp³-hybridized carbons (Fsp3) is 0.350. The summed E-state index contributed by atoms with van der Waals surface area (Å²) >= 11 is 0. The summed E-state index contributed by atoms with van der Waals surface area (Å²) in [4.78, 5) is 17.7. The molecule has 0 aliphatic carbocycles. The molecular formula is C20H23N9O2. The monoisotopic (exact) mass is 421 g/mol. The molecule has 160 valence electrons. The predicted molar refractivity (Wildman–Crippen MR) is 116 cm³/mol. The van der Waals surface area contributed by atoms with E-state index in [0.29, 0.717) is 36.1 Å². The molecule has 1 aliphatic heterocycles. The smallest absolute Gasteiger partial charge is 0.257 e. The molecule has 4 aromatic rings. The van der Waals surface area contributed by atoms with Crippen LogP contribution < -0.4 is 16.0 Å². The Balaban J connectivity index is 1.73. The number of nitrogens with zero attached hydrogens (tertiary/aromatic N) is 6. The first-order valence-electron chi connectivity index (χ1n) is 9.91.